The number of hydrogen-bond acceptors (Lipinski definition) is 5. The average Bonchev–Trinajstić information content (AvgIpc) is 2.69. The fourth-order valence-corrected chi connectivity index (χ4v) is 2.29. The van der Waals surface area contributed by atoms with Crippen molar-refractivity contribution in [3.63, 3.8) is 0 Å². The minimum absolute atomic E-state index is 0.584. The van der Waals surface area contributed by atoms with E-state index in [0.29, 0.717) is 6.61 Å². The highest BCUT2D eigenvalue weighted by Crippen LogP contribution is 2.21. The van der Waals surface area contributed by atoms with Crippen molar-refractivity contribution in [2.24, 2.45) is 0 Å². The molecular weight excluding hydrogens is 350 g/mol. The number of benzene rings is 1. The van der Waals surface area contributed by atoms with E-state index in [4.69, 9.17) is 9.47 Å². The lowest BCUT2D eigenvalue weighted by atomic mass is 10.1. The molecule has 5 heteroatoms. The number of pyridine rings is 1. The number of ether oxygens (including phenoxy) is 2. The number of hydrogen-bond donors (Lipinski definition) is 0. The van der Waals surface area contributed by atoms with Gasteiger partial charge in [0.05, 0.1) is 13.2 Å². The van der Waals surface area contributed by atoms with Crippen LogP contribution >= 0.6 is 0 Å². The van der Waals surface area contributed by atoms with Crippen molar-refractivity contribution in [2.45, 2.75) is 41.2 Å². The van der Waals surface area contributed by atoms with Gasteiger partial charge in [-0.05, 0) is 62.9 Å². The van der Waals surface area contributed by atoms with Gasteiger partial charge in [-0.1, -0.05) is 18.2 Å². The molecule has 0 atom stereocenters. The normalized spacial score (nSPS) is 9.50. The van der Waals surface area contributed by atoms with Crippen molar-refractivity contribution in [3.05, 3.63) is 83.2 Å². The van der Waals surface area contributed by atoms with E-state index >= 15 is 0 Å². The SMILES string of the molecule is CCOc1c(C)cccc1C.COCc1cncnc1.Cc1ccncc1C. The third kappa shape index (κ3) is 8.73. The monoisotopic (exact) mass is 381 g/mol. The first-order chi connectivity index (χ1) is 13.5. The Morgan fingerprint density at radius 2 is 1.43 bits per heavy atom. The van der Waals surface area contributed by atoms with E-state index in [9.17, 15) is 0 Å². The average molecular weight is 382 g/mol. The standard InChI is InChI=1S/C10H14O.C7H9N.C6H8N2O/c1-4-11-10-8(2)6-5-7-9(10)3;1-6-3-4-8-5-7(6)2;1-9-4-6-2-7-5-8-3-6/h5-7H,4H2,1-3H3;3-5H,1-2H3;2-3,5H,4H2,1H3. The highest BCUT2D eigenvalue weighted by Gasteiger charge is 2.00. The van der Waals surface area contributed by atoms with Crippen molar-refractivity contribution in [1.29, 1.82) is 0 Å². The van der Waals surface area contributed by atoms with E-state index < -0.39 is 0 Å². The number of para-hydroxylation sites is 1. The Bertz CT molecular complexity index is 767. The van der Waals surface area contributed by atoms with Gasteiger partial charge in [0.2, 0.25) is 0 Å². The maximum atomic E-state index is 5.47. The van der Waals surface area contributed by atoms with Crippen LogP contribution in [0.5, 0.6) is 5.75 Å². The van der Waals surface area contributed by atoms with E-state index in [1.807, 2.05) is 31.5 Å². The molecule has 0 saturated carbocycles. The Morgan fingerprint density at radius 3 is 1.89 bits per heavy atom. The van der Waals surface area contributed by atoms with Gasteiger partial charge in [-0.15, -0.1) is 0 Å². The highest BCUT2D eigenvalue weighted by atomic mass is 16.5. The molecule has 0 spiro atoms. The van der Waals surface area contributed by atoms with E-state index in [2.05, 4.69) is 54.8 Å². The largest absolute Gasteiger partial charge is 0.493 e. The van der Waals surface area contributed by atoms with Gasteiger partial charge >= 0.3 is 0 Å². The van der Waals surface area contributed by atoms with Crippen LogP contribution in [-0.4, -0.2) is 28.7 Å². The predicted octanol–water partition coefficient (Wildman–Crippen LogP) is 5.02. The molecule has 3 rings (SSSR count). The zero-order valence-electron chi connectivity index (χ0n) is 17.8. The van der Waals surface area contributed by atoms with Crippen molar-refractivity contribution in [3.8, 4) is 5.75 Å². The molecule has 1 aromatic carbocycles. The Labute approximate surface area is 168 Å². The lowest BCUT2D eigenvalue weighted by molar-refractivity contribution is 0.184. The number of rotatable bonds is 4. The molecular formula is C23H31N3O2. The van der Waals surface area contributed by atoms with Crippen LogP contribution in [0.4, 0.5) is 0 Å². The molecule has 0 saturated heterocycles. The van der Waals surface area contributed by atoms with Gasteiger partial charge in [0.25, 0.3) is 0 Å². The summed E-state index contributed by atoms with van der Waals surface area (Å²) in [6, 6.07) is 8.19. The molecule has 0 aliphatic rings. The van der Waals surface area contributed by atoms with Gasteiger partial charge in [0, 0.05) is 37.5 Å². The lowest BCUT2D eigenvalue weighted by Gasteiger charge is -2.08. The van der Waals surface area contributed by atoms with Gasteiger partial charge in [0.1, 0.15) is 12.1 Å². The van der Waals surface area contributed by atoms with Crippen LogP contribution in [0.2, 0.25) is 0 Å². The first-order valence-electron chi connectivity index (χ1n) is 9.28. The molecule has 0 N–H and O–H groups in total. The fourth-order valence-electron chi connectivity index (χ4n) is 2.29. The van der Waals surface area contributed by atoms with E-state index in [-0.39, 0.29) is 0 Å². The van der Waals surface area contributed by atoms with Crippen molar-refractivity contribution < 1.29 is 9.47 Å². The summed E-state index contributed by atoms with van der Waals surface area (Å²) in [7, 11) is 1.65. The molecule has 3 aromatic rings. The molecule has 0 aliphatic carbocycles. The molecule has 5 nitrogen and oxygen atoms in total. The minimum Gasteiger partial charge on any atom is -0.493 e. The zero-order valence-corrected chi connectivity index (χ0v) is 17.8. The molecule has 0 bridgehead atoms. The number of aryl methyl sites for hydroxylation is 4. The first-order valence-corrected chi connectivity index (χ1v) is 9.28. The van der Waals surface area contributed by atoms with Crippen LogP contribution in [-0.2, 0) is 11.3 Å². The number of aromatic nitrogens is 3. The predicted molar refractivity (Wildman–Crippen MR) is 114 cm³/mol. The van der Waals surface area contributed by atoms with Gasteiger partial charge in [-0.2, -0.15) is 0 Å². The van der Waals surface area contributed by atoms with Crippen LogP contribution in [0.15, 0.2) is 55.4 Å². The van der Waals surface area contributed by atoms with Crippen LogP contribution < -0.4 is 4.74 Å². The maximum Gasteiger partial charge on any atom is 0.125 e. The van der Waals surface area contributed by atoms with E-state index in [1.54, 1.807) is 19.5 Å². The van der Waals surface area contributed by atoms with Gasteiger partial charge < -0.3 is 9.47 Å². The number of nitrogens with zero attached hydrogens (tertiary/aromatic N) is 3. The second kappa shape index (κ2) is 13.4. The first kappa shape index (κ1) is 23.2. The summed E-state index contributed by atoms with van der Waals surface area (Å²) >= 11 is 0. The number of methoxy groups -OCH3 is 1. The fraction of sp³-hybridized carbons (Fsp3) is 0.348. The molecule has 28 heavy (non-hydrogen) atoms. The Kier molecular flexibility index (Phi) is 11.1. The topological polar surface area (TPSA) is 57.1 Å². The minimum atomic E-state index is 0.584. The van der Waals surface area contributed by atoms with Crippen molar-refractivity contribution in [2.75, 3.05) is 13.7 Å². The summed E-state index contributed by atoms with van der Waals surface area (Å²) in [4.78, 5) is 11.6. The molecule has 2 aromatic heterocycles. The van der Waals surface area contributed by atoms with Gasteiger partial charge in [0.15, 0.2) is 0 Å². The Hall–Kier alpha value is -2.79. The smallest absolute Gasteiger partial charge is 0.125 e. The Morgan fingerprint density at radius 1 is 0.786 bits per heavy atom. The lowest BCUT2D eigenvalue weighted by Crippen LogP contribution is -1.95. The third-order valence-electron chi connectivity index (χ3n) is 3.92. The Balaban J connectivity index is 0.000000213. The van der Waals surface area contributed by atoms with E-state index in [0.717, 1.165) is 17.9 Å². The second-order valence-corrected chi connectivity index (χ2v) is 6.29. The van der Waals surface area contributed by atoms with Crippen LogP contribution in [0.1, 0.15) is 34.7 Å². The van der Waals surface area contributed by atoms with Gasteiger partial charge in [-0.3, -0.25) is 4.98 Å². The van der Waals surface area contributed by atoms with Crippen LogP contribution in [0, 0.1) is 27.7 Å². The van der Waals surface area contributed by atoms with Crippen LogP contribution in [0.3, 0.4) is 0 Å². The molecule has 0 fully saturated rings. The van der Waals surface area contributed by atoms with E-state index in [1.165, 1.54) is 28.6 Å². The van der Waals surface area contributed by atoms with Crippen LogP contribution in [0.25, 0.3) is 0 Å². The molecule has 0 aliphatic heterocycles. The summed E-state index contributed by atoms with van der Waals surface area (Å²) in [6.07, 6.45) is 8.64. The summed E-state index contributed by atoms with van der Waals surface area (Å²) < 4.78 is 10.3. The summed E-state index contributed by atoms with van der Waals surface area (Å²) in [5, 5.41) is 0. The summed E-state index contributed by atoms with van der Waals surface area (Å²) in [5.74, 6) is 1.04. The molecule has 0 unspecified atom stereocenters. The summed E-state index contributed by atoms with van der Waals surface area (Å²) in [5.41, 5.74) is 5.99. The molecule has 2 heterocycles. The van der Waals surface area contributed by atoms with Gasteiger partial charge in [-0.25, -0.2) is 9.97 Å². The van der Waals surface area contributed by atoms with Crippen molar-refractivity contribution in [1.82, 2.24) is 15.0 Å². The second-order valence-electron chi connectivity index (χ2n) is 6.29. The summed E-state index contributed by atoms with van der Waals surface area (Å²) in [6.45, 7) is 11.6. The third-order valence-corrected chi connectivity index (χ3v) is 3.92. The highest BCUT2D eigenvalue weighted by molar-refractivity contribution is 5.39. The molecule has 0 amide bonds. The molecule has 150 valence electrons. The van der Waals surface area contributed by atoms with Crippen molar-refractivity contribution >= 4 is 0 Å². The molecule has 0 radical (unpaired) electrons. The maximum absolute atomic E-state index is 5.47. The zero-order chi connectivity index (χ0) is 20.8. The quantitative estimate of drug-likeness (QED) is 0.635.